The molecule has 0 unspecified atom stereocenters. The molecule has 0 atom stereocenters. The van der Waals surface area contributed by atoms with E-state index < -0.39 is 0 Å². The molecule has 0 amide bonds. The van der Waals surface area contributed by atoms with Gasteiger partial charge in [-0.1, -0.05) is 36.4 Å². The van der Waals surface area contributed by atoms with E-state index >= 15 is 0 Å². The summed E-state index contributed by atoms with van der Waals surface area (Å²) in [4.78, 5) is 9.25. The Morgan fingerprint density at radius 3 is 2.44 bits per heavy atom. The summed E-state index contributed by atoms with van der Waals surface area (Å²) in [5.41, 5.74) is 3.86. The molecular formula is C19H18N6. The number of aromatic nitrogens is 4. The summed E-state index contributed by atoms with van der Waals surface area (Å²) >= 11 is 0. The molecule has 124 valence electrons. The predicted octanol–water partition coefficient (Wildman–Crippen LogP) is 4.16. The standard InChI is InChI=1S/C19H18N6/c1-13-8-6-7-11-16(13)22-17-15-12-20-25(2)18(15)24-19(23-17)21-14-9-4-3-5-10-14/h3-12H,1-2H3,(H2,21,22,23,24). The summed E-state index contributed by atoms with van der Waals surface area (Å²) in [6.45, 7) is 2.06. The molecule has 0 aliphatic carbocycles. The molecule has 2 N–H and O–H groups in total. The van der Waals surface area contributed by atoms with Gasteiger partial charge in [-0.2, -0.15) is 15.1 Å². The summed E-state index contributed by atoms with van der Waals surface area (Å²) in [5.74, 6) is 1.25. The molecule has 2 aromatic heterocycles. The molecule has 0 spiro atoms. The van der Waals surface area contributed by atoms with Gasteiger partial charge in [0.2, 0.25) is 5.95 Å². The molecule has 6 heteroatoms. The Balaban J connectivity index is 1.78. The minimum atomic E-state index is 0.526. The molecular weight excluding hydrogens is 312 g/mol. The fourth-order valence-corrected chi connectivity index (χ4v) is 2.66. The maximum atomic E-state index is 4.66. The third-order valence-corrected chi connectivity index (χ3v) is 4.02. The molecule has 4 aromatic rings. The van der Waals surface area contributed by atoms with Crippen molar-refractivity contribution < 1.29 is 0 Å². The molecule has 4 rings (SSSR count). The van der Waals surface area contributed by atoms with Gasteiger partial charge in [0.15, 0.2) is 5.65 Å². The van der Waals surface area contributed by atoms with Gasteiger partial charge in [-0.3, -0.25) is 4.68 Å². The van der Waals surface area contributed by atoms with Crippen molar-refractivity contribution in [1.29, 1.82) is 0 Å². The number of aryl methyl sites for hydroxylation is 2. The van der Waals surface area contributed by atoms with E-state index in [0.717, 1.165) is 33.8 Å². The van der Waals surface area contributed by atoms with Crippen LogP contribution in [0.4, 0.5) is 23.1 Å². The Hall–Kier alpha value is -3.41. The van der Waals surface area contributed by atoms with Crippen LogP contribution in [0.5, 0.6) is 0 Å². The Labute approximate surface area is 145 Å². The monoisotopic (exact) mass is 330 g/mol. The molecule has 2 heterocycles. The molecule has 0 fully saturated rings. The molecule has 2 aromatic carbocycles. The summed E-state index contributed by atoms with van der Waals surface area (Å²) in [5, 5.41) is 11.9. The second kappa shape index (κ2) is 6.24. The van der Waals surface area contributed by atoms with E-state index in [1.54, 1.807) is 10.9 Å². The third kappa shape index (κ3) is 3.01. The molecule has 0 radical (unpaired) electrons. The smallest absolute Gasteiger partial charge is 0.231 e. The number of hydrogen-bond donors (Lipinski definition) is 2. The van der Waals surface area contributed by atoms with Gasteiger partial charge >= 0.3 is 0 Å². The third-order valence-electron chi connectivity index (χ3n) is 4.02. The first kappa shape index (κ1) is 15.1. The van der Waals surface area contributed by atoms with Crippen LogP contribution in [0.3, 0.4) is 0 Å². The lowest BCUT2D eigenvalue weighted by atomic mass is 10.2. The minimum absolute atomic E-state index is 0.526. The number of benzene rings is 2. The van der Waals surface area contributed by atoms with Crippen molar-refractivity contribution in [2.24, 2.45) is 7.05 Å². The van der Waals surface area contributed by atoms with E-state index in [1.807, 2.05) is 55.6 Å². The van der Waals surface area contributed by atoms with E-state index in [9.17, 15) is 0 Å². The van der Waals surface area contributed by atoms with E-state index in [4.69, 9.17) is 0 Å². The minimum Gasteiger partial charge on any atom is -0.339 e. The lowest BCUT2D eigenvalue weighted by Gasteiger charge is -2.12. The van der Waals surface area contributed by atoms with Crippen LogP contribution in [-0.4, -0.2) is 19.7 Å². The van der Waals surface area contributed by atoms with Gasteiger partial charge < -0.3 is 10.6 Å². The molecule has 6 nitrogen and oxygen atoms in total. The van der Waals surface area contributed by atoms with Crippen molar-refractivity contribution in [2.45, 2.75) is 6.92 Å². The zero-order valence-corrected chi connectivity index (χ0v) is 14.1. The van der Waals surface area contributed by atoms with E-state index in [1.165, 1.54) is 0 Å². The zero-order valence-electron chi connectivity index (χ0n) is 14.1. The highest BCUT2D eigenvalue weighted by molar-refractivity contribution is 5.90. The lowest BCUT2D eigenvalue weighted by molar-refractivity contribution is 0.786. The first-order chi connectivity index (χ1) is 12.2. The molecule has 0 bridgehead atoms. The number of nitrogens with one attached hydrogen (secondary N) is 2. The predicted molar refractivity (Wildman–Crippen MR) is 100 cm³/mol. The number of fused-ring (bicyclic) bond motifs is 1. The van der Waals surface area contributed by atoms with Crippen LogP contribution < -0.4 is 10.6 Å². The van der Waals surface area contributed by atoms with Gasteiger partial charge in [0, 0.05) is 18.4 Å². The molecule has 0 aliphatic rings. The summed E-state index contributed by atoms with van der Waals surface area (Å²) in [6, 6.07) is 18.0. The molecule has 25 heavy (non-hydrogen) atoms. The van der Waals surface area contributed by atoms with Gasteiger partial charge in [0.25, 0.3) is 0 Å². The topological polar surface area (TPSA) is 67.7 Å². The van der Waals surface area contributed by atoms with Crippen LogP contribution in [-0.2, 0) is 7.05 Å². The average Bonchev–Trinajstić information content (AvgIpc) is 2.99. The first-order valence-electron chi connectivity index (χ1n) is 8.05. The number of para-hydroxylation sites is 2. The maximum Gasteiger partial charge on any atom is 0.231 e. The molecule has 0 aliphatic heterocycles. The van der Waals surface area contributed by atoms with Gasteiger partial charge in [0.05, 0.1) is 11.6 Å². The highest BCUT2D eigenvalue weighted by atomic mass is 15.3. The molecule has 0 saturated heterocycles. The van der Waals surface area contributed by atoms with Crippen LogP contribution in [0.1, 0.15) is 5.56 Å². The highest BCUT2D eigenvalue weighted by Crippen LogP contribution is 2.27. The fourth-order valence-electron chi connectivity index (χ4n) is 2.66. The fraction of sp³-hybridized carbons (Fsp3) is 0.105. The number of nitrogens with zero attached hydrogens (tertiary/aromatic N) is 4. The van der Waals surface area contributed by atoms with Gasteiger partial charge in [-0.05, 0) is 30.7 Å². The van der Waals surface area contributed by atoms with Crippen LogP contribution in [0.25, 0.3) is 11.0 Å². The quantitative estimate of drug-likeness (QED) is 0.588. The Kier molecular flexibility index (Phi) is 3.78. The zero-order chi connectivity index (χ0) is 17.2. The van der Waals surface area contributed by atoms with E-state index in [0.29, 0.717) is 5.95 Å². The SMILES string of the molecule is Cc1ccccc1Nc1nc(Nc2ccccc2)nc2c1cnn2C. The van der Waals surface area contributed by atoms with Crippen molar-refractivity contribution in [3.8, 4) is 0 Å². The van der Waals surface area contributed by atoms with Crippen molar-refractivity contribution in [2.75, 3.05) is 10.6 Å². The normalized spacial score (nSPS) is 10.8. The van der Waals surface area contributed by atoms with E-state index in [2.05, 4.69) is 38.7 Å². The Bertz CT molecular complexity index is 1020. The highest BCUT2D eigenvalue weighted by Gasteiger charge is 2.12. The van der Waals surface area contributed by atoms with Crippen LogP contribution in [0.2, 0.25) is 0 Å². The van der Waals surface area contributed by atoms with Gasteiger partial charge in [-0.15, -0.1) is 0 Å². The van der Waals surface area contributed by atoms with Gasteiger partial charge in [0.1, 0.15) is 5.82 Å². The van der Waals surface area contributed by atoms with Crippen LogP contribution >= 0.6 is 0 Å². The van der Waals surface area contributed by atoms with Crippen molar-refractivity contribution in [1.82, 2.24) is 19.7 Å². The summed E-state index contributed by atoms with van der Waals surface area (Å²) < 4.78 is 1.75. The second-order valence-corrected chi connectivity index (χ2v) is 5.83. The average molecular weight is 330 g/mol. The number of hydrogen-bond acceptors (Lipinski definition) is 5. The number of rotatable bonds is 4. The van der Waals surface area contributed by atoms with Gasteiger partial charge in [-0.25, -0.2) is 0 Å². The largest absolute Gasteiger partial charge is 0.339 e. The summed E-state index contributed by atoms with van der Waals surface area (Å²) in [7, 11) is 1.87. The number of anilines is 4. The Morgan fingerprint density at radius 2 is 1.64 bits per heavy atom. The van der Waals surface area contributed by atoms with Crippen molar-refractivity contribution in [3.05, 3.63) is 66.4 Å². The van der Waals surface area contributed by atoms with Crippen LogP contribution in [0.15, 0.2) is 60.8 Å². The van der Waals surface area contributed by atoms with Crippen molar-refractivity contribution in [3.63, 3.8) is 0 Å². The second-order valence-electron chi connectivity index (χ2n) is 5.83. The van der Waals surface area contributed by atoms with Crippen molar-refractivity contribution >= 4 is 34.2 Å². The van der Waals surface area contributed by atoms with E-state index in [-0.39, 0.29) is 0 Å². The summed E-state index contributed by atoms with van der Waals surface area (Å²) in [6.07, 6.45) is 1.78. The lowest BCUT2D eigenvalue weighted by Crippen LogP contribution is -2.04. The first-order valence-corrected chi connectivity index (χ1v) is 8.05. The van der Waals surface area contributed by atoms with Crippen LogP contribution in [0, 0.1) is 6.92 Å². The maximum absolute atomic E-state index is 4.66. The Morgan fingerprint density at radius 1 is 0.880 bits per heavy atom. The molecule has 0 saturated carbocycles.